The van der Waals surface area contributed by atoms with Gasteiger partial charge in [-0.1, -0.05) is 23.4 Å². The number of halogens is 1. The number of esters is 1. The molecule has 0 bridgehead atoms. The van der Waals surface area contributed by atoms with Crippen molar-refractivity contribution in [3.05, 3.63) is 70.9 Å². The van der Waals surface area contributed by atoms with Crippen molar-refractivity contribution in [3.63, 3.8) is 0 Å². The fourth-order valence-electron chi connectivity index (χ4n) is 2.30. The van der Waals surface area contributed by atoms with E-state index in [4.69, 9.17) is 9.26 Å². The van der Waals surface area contributed by atoms with Gasteiger partial charge in [0.25, 0.3) is 5.89 Å². The topological polar surface area (TPSA) is 65.2 Å². The van der Waals surface area contributed by atoms with Gasteiger partial charge in [-0.25, -0.2) is 4.39 Å². The SMILES string of the molecule is Cc1ccc(CC(=O)OCc2nc(-c3ccc(F)cc3)no2)cc1C. The van der Waals surface area contributed by atoms with Gasteiger partial charge in [-0.3, -0.25) is 4.79 Å². The molecule has 0 N–H and O–H groups in total. The van der Waals surface area contributed by atoms with Gasteiger partial charge in [-0.2, -0.15) is 4.98 Å². The second kappa shape index (κ2) is 7.25. The molecule has 0 saturated heterocycles. The van der Waals surface area contributed by atoms with Crippen molar-refractivity contribution in [2.24, 2.45) is 0 Å². The Kier molecular flexibility index (Phi) is 4.88. The Hall–Kier alpha value is -3.02. The molecule has 0 radical (unpaired) electrons. The predicted octanol–water partition coefficient (Wildman–Crippen LogP) is 3.78. The van der Waals surface area contributed by atoms with Crippen molar-refractivity contribution >= 4 is 5.97 Å². The van der Waals surface area contributed by atoms with Crippen molar-refractivity contribution in [2.75, 3.05) is 0 Å². The Labute approximate surface area is 144 Å². The number of carbonyl (C=O) groups is 1. The van der Waals surface area contributed by atoms with Gasteiger partial charge in [0.2, 0.25) is 5.82 Å². The van der Waals surface area contributed by atoms with Crippen LogP contribution < -0.4 is 0 Å². The molecule has 1 aromatic heterocycles. The maximum Gasteiger partial charge on any atom is 0.310 e. The third-order valence-corrected chi connectivity index (χ3v) is 3.85. The maximum absolute atomic E-state index is 12.9. The monoisotopic (exact) mass is 340 g/mol. The molecule has 3 rings (SSSR count). The Bertz CT molecular complexity index is 888. The molecule has 128 valence electrons. The maximum atomic E-state index is 12.9. The zero-order valence-electron chi connectivity index (χ0n) is 14.0. The van der Waals surface area contributed by atoms with Crippen LogP contribution in [0.5, 0.6) is 0 Å². The first-order chi connectivity index (χ1) is 12.0. The number of aromatic nitrogens is 2. The summed E-state index contributed by atoms with van der Waals surface area (Å²) in [7, 11) is 0. The highest BCUT2D eigenvalue weighted by Gasteiger charge is 2.12. The first-order valence-corrected chi connectivity index (χ1v) is 7.81. The molecule has 0 saturated carbocycles. The first kappa shape index (κ1) is 16.8. The van der Waals surface area contributed by atoms with Crippen LogP contribution in [0.25, 0.3) is 11.4 Å². The van der Waals surface area contributed by atoms with E-state index in [1.807, 2.05) is 32.0 Å². The van der Waals surface area contributed by atoms with Gasteiger partial charge >= 0.3 is 5.97 Å². The van der Waals surface area contributed by atoms with E-state index in [-0.39, 0.29) is 30.7 Å². The van der Waals surface area contributed by atoms with Crippen molar-refractivity contribution < 1.29 is 18.4 Å². The Morgan fingerprint density at radius 3 is 2.60 bits per heavy atom. The van der Waals surface area contributed by atoms with E-state index in [0.717, 1.165) is 11.1 Å². The average Bonchev–Trinajstić information content (AvgIpc) is 3.06. The van der Waals surface area contributed by atoms with Crippen LogP contribution in [0.1, 0.15) is 22.6 Å². The lowest BCUT2D eigenvalue weighted by molar-refractivity contribution is -0.144. The minimum atomic E-state index is -0.371. The lowest BCUT2D eigenvalue weighted by Crippen LogP contribution is -2.08. The molecule has 0 aliphatic carbocycles. The number of hydrogen-bond acceptors (Lipinski definition) is 5. The summed E-state index contributed by atoms with van der Waals surface area (Å²) in [5.74, 6) is -0.203. The summed E-state index contributed by atoms with van der Waals surface area (Å²) in [5.41, 5.74) is 3.82. The molecule has 0 atom stereocenters. The normalized spacial score (nSPS) is 10.7. The minimum Gasteiger partial charge on any atom is -0.455 e. The Morgan fingerprint density at radius 1 is 1.12 bits per heavy atom. The summed E-state index contributed by atoms with van der Waals surface area (Å²) in [6.45, 7) is 3.92. The quantitative estimate of drug-likeness (QED) is 0.661. The number of nitrogens with zero attached hydrogens (tertiary/aromatic N) is 2. The molecule has 1 heterocycles. The molecule has 25 heavy (non-hydrogen) atoms. The molecule has 0 spiro atoms. The van der Waals surface area contributed by atoms with E-state index < -0.39 is 0 Å². The number of hydrogen-bond donors (Lipinski definition) is 0. The second-order valence-electron chi connectivity index (χ2n) is 5.77. The molecule has 0 fully saturated rings. The smallest absolute Gasteiger partial charge is 0.310 e. The Balaban J connectivity index is 1.57. The molecule has 3 aromatic rings. The molecule has 6 heteroatoms. The number of carbonyl (C=O) groups excluding carboxylic acids is 1. The fourth-order valence-corrected chi connectivity index (χ4v) is 2.30. The van der Waals surface area contributed by atoms with Crippen molar-refractivity contribution in [3.8, 4) is 11.4 Å². The van der Waals surface area contributed by atoms with Crippen LogP contribution >= 0.6 is 0 Å². The van der Waals surface area contributed by atoms with Crippen LogP contribution in [0, 0.1) is 19.7 Å². The van der Waals surface area contributed by atoms with Crippen LogP contribution in [0.15, 0.2) is 47.0 Å². The average molecular weight is 340 g/mol. The van der Waals surface area contributed by atoms with Crippen molar-refractivity contribution in [2.45, 2.75) is 26.9 Å². The molecule has 0 aliphatic rings. The van der Waals surface area contributed by atoms with Crippen LogP contribution in [0.3, 0.4) is 0 Å². The first-order valence-electron chi connectivity index (χ1n) is 7.81. The van der Waals surface area contributed by atoms with E-state index in [0.29, 0.717) is 11.4 Å². The summed E-state index contributed by atoms with van der Waals surface area (Å²) in [6.07, 6.45) is 0.181. The summed E-state index contributed by atoms with van der Waals surface area (Å²) >= 11 is 0. The lowest BCUT2D eigenvalue weighted by atomic mass is 10.0. The van der Waals surface area contributed by atoms with Crippen LogP contribution in [-0.2, 0) is 22.6 Å². The molecular weight excluding hydrogens is 323 g/mol. The zero-order valence-corrected chi connectivity index (χ0v) is 14.0. The molecule has 0 amide bonds. The van der Waals surface area contributed by atoms with E-state index in [1.165, 1.54) is 17.7 Å². The minimum absolute atomic E-state index is 0.0993. The Morgan fingerprint density at radius 2 is 1.88 bits per heavy atom. The lowest BCUT2D eigenvalue weighted by Gasteiger charge is -2.05. The van der Waals surface area contributed by atoms with Gasteiger partial charge in [-0.05, 0) is 54.8 Å². The van der Waals surface area contributed by atoms with Crippen LogP contribution in [0.4, 0.5) is 4.39 Å². The van der Waals surface area contributed by atoms with Crippen LogP contribution in [0.2, 0.25) is 0 Å². The van der Waals surface area contributed by atoms with Gasteiger partial charge in [0.05, 0.1) is 6.42 Å². The zero-order chi connectivity index (χ0) is 17.8. The number of benzene rings is 2. The summed E-state index contributed by atoms with van der Waals surface area (Å²) in [4.78, 5) is 16.1. The summed E-state index contributed by atoms with van der Waals surface area (Å²) in [5, 5.41) is 3.80. The van der Waals surface area contributed by atoms with Gasteiger partial charge < -0.3 is 9.26 Å². The number of aryl methyl sites for hydroxylation is 2. The highest BCUT2D eigenvalue weighted by atomic mass is 19.1. The second-order valence-corrected chi connectivity index (χ2v) is 5.77. The number of ether oxygens (including phenoxy) is 1. The number of rotatable bonds is 5. The van der Waals surface area contributed by atoms with E-state index in [1.54, 1.807) is 12.1 Å². The highest BCUT2D eigenvalue weighted by molar-refractivity contribution is 5.72. The van der Waals surface area contributed by atoms with Gasteiger partial charge in [0, 0.05) is 5.56 Å². The fraction of sp³-hybridized carbons (Fsp3) is 0.211. The molecular formula is C19H17FN2O3. The molecule has 0 unspecified atom stereocenters. The van der Waals surface area contributed by atoms with Gasteiger partial charge in [0.15, 0.2) is 6.61 Å². The summed E-state index contributed by atoms with van der Waals surface area (Å²) < 4.78 is 23.1. The standard InChI is InChI=1S/C19H17FN2O3/c1-12-3-4-14(9-13(12)2)10-18(23)24-11-17-21-19(22-25-17)15-5-7-16(20)8-6-15/h3-9H,10-11H2,1-2H3. The van der Waals surface area contributed by atoms with E-state index in [9.17, 15) is 9.18 Å². The van der Waals surface area contributed by atoms with E-state index in [2.05, 4.69) is 10.1 Å². The third-order valence-electron chi connectivity index (χ3n) is 3.85. The summed E-state index contributed by atoms with van der Waals surface area (Å²) in [6, 6.07) is 11.6. The van der Waals surface area contributed by atoms with Crippen molar-refractivity contribution in [1.82, 2.24) is 10.1 Å². The van der Waals surface area contributed by atoms with E-state index >= 15 is 0 Å². The molecule has 2 aromatic carbocycles. The van der Waals surface area contributed by atoms with Gasteiger partial charge in [-0.15, -0.1) is 0 Å². The van der Waals surface area contributed by atoms with Crippen LogP contribution in [-0.4, -0.2) is 16.1 Å². The predicted molar refractivity (Wildman–Crippen MR) is 89.1 cm³/mol. The largest absolute Gasteiger partial charge is 0.455 e. The molecule has 5 nitrogen and oxygen atoms in total. The molecule has 0 aliphatic heterocycles. The van der Waals surface area contributed by atoms with Gasteiger partial charge in [0.1, 0.15) is 5.82 Å². The van der Waals surface area contributed by atoms with Crippen molar-refractivity contribution in [1.29, 1.82) is 0 Å². The highest BCUT2D eigenvalue weighted by Crippen LogP contribution is 2.16. The third kappa shape index (κ3) is 4.29.